The first-order valence-corrected chi connectivity index (χ1v) is 6.90. The number of hydrogen-bond donors (Lipinski definition) is 2. The molecule has 0 heterocycles. The van der Waals surface area contributed by atoms with E-state index in [0.29, 0.717) is 11.3 Å². The Morgan fingerprint density at radius 2 is 2.11 bits per heavy atom. The van der Waals surface area contributed by atoms with E-state index < -0.39 is 5.91 Å². The Kier molecular flexibility index (Phi) is 6.33. The van der Waals surface area contributed by atoms with Gasteiger partial charge in [0.2, 0.25) is 5.91 Å². The fourth-order valence-corrected chi connectivity index (χ4v) is 2.00. The van der Waals surface area contributed by atoms with Crippen molar-refractivity contribution in [2.75, 3.05) is 5.32 Å². The second-order valence-corrected chi connectivity index (χ2v) is 4.95. The Bertz CT molecular complexity index is 421. The summed E-state index contributed by atoms with van der Waals surface area (Å²) in [4.78, 5) is 11.1. The number of rotatable bonds is 8. The monoisotopic (exact) mass is 266 g/mol. The first-order chi connectivity index (χ1) is 9.04. The van der Waals surface area contributed by atoms with Gasteiger partial charge in [0.15, 0.2) is 0 Å². The molecule has 1 atom stereocenters. The zero-order valence-corrected chi connectivity index (χ0v) is 11.7. The van der Waals surface area contributed by atoms with Gasteiger partial charge in [-0.15, -0.1) is 0 Å². The molecule has 3 N–H and O–H groups in total. The van der Waals surface area contributed by atoms with E-state index >= 15 is 0 Å². The molecule has 19 heavy (non-hydrogen) atoms. The summed E-state index contributed by atoms with van der Waals surface area (Å²) in [6, 6.07) is 4.32. The second-order valence-electron chi connectivity index (χ2n) is 4.95. The molecule has 1 amide bonds. The summed E-state index contributed by atoms with van der Waals surface area (Å²) < 4.78 is 13.6. The molecule has 0 bridgehead atoms. The van der Waals surface area contributed by atoms with Crippen molar-refractivity contribution in [1.82, 2.24) is 0 Å². The molecule has 0 aliphatic heterocycles. The average molecular weight is 266 g/mol. The summed E-state index contributed by atoms with van der Waals surface area (Å²) in [7, 11) is 0. The summed E-state index contributed by atoms with van der Waals surface area (Å²) >= 11 is 0. The van der Waals surface area contributed by atoms with Crippen molar-refractivity contribution < 1.29 is 9.18 Å². The van der Waals surface area contributed by atoms with Gasteiger partial charge in [0.25, 0.3) is 0 Å². The van der Waals surface area contributed by atoms with E-state index in [1.54, 1.807) is 0 Å². The quantitative estimate of drug-likeness (QED) is 0.705. The number of unbranched alkanes of at least 4 members (excludes halogenated alkanes) is 3. The molecule has 4 heteroatoms. The van der Waals surface area contributed by atoms with E-state index in [4.69, 9.17) is 5.73 Å². The number of amides is 1. The fraction of sp³-hybridized carbons (Fsp3) is 0.533. The minimum atomic E-state index is -0.543. The molecule has 1 aromatic rings. The van der Waals surface area contributed by atoms with Gasteiger partial charge in [-0.25, -0.2) is 4.39 Å². The average Bonchev–Trinajstić information content (AvgIpc) is 2.37. The highest BCUT2D eigenvalue weighted by molar-refractivity contribution is 5.93. The van der Waals surface area contributed by atoms with Crippen LogP contribution in [0, 0.1) is 5.82 Å². The molecule has 1 aromatic carbocycles. The largest absolute Gasteiger partial charge is 0.380 e. The predicted octanol–water partition coefficient (Wildman–Crippen LogP) is 3.70. The molecule has 0 aromatic heterocycles. The van der Waals surface area contributed by atoms with Crippen LogP contribution in [0.5, 0.6) is 0 Å². The number of anilines is 1. The van der Waals surface area contributed by atoms with Crippen LogP contribution in [0.3, 0.4) is 0 Å². The SMILES string of the molecule is CCCCCCC(C)Nc1cc(C(N)=O)ccc1F. The van der Waals surface area contributed by atoms with Crippen LogP contribution >= 0.6 is 0 Å². The highest BCUT2D eigenvalue weighted by Crippen LogP contribution is 2.18. The lowest BCUT2D eigenvalue weighted by molar-refractivity contribution is 0.100. The molecule has 0 aliphatic carbocycles. The van der Waals surface area contributed by atoms with E-state index in [0.717, 1.165) is 12.8 Å². The number of carbonyl (C=O) groups is 1. The maximum atomic E-state index is 13.6. The third-order valence-electron chi connectivity index (χ3n) is 3.14. The van der Waals surface area contributed by atoms with Crippen molar-refractivity contribution in [2.24, 2.45) is 5.73 Å². The molecular formula is C15H23FN2O. The number of halogens is 1. The first kappa shape index (κ1) is 15.5. The number of nitrogens with two attached hydrogens (primary N) is 1. The van der Waals surface area contributed by atoms with E-state index in [1.165, 1.54) is 37.5 Å². The summed E-state index contributed by atoms with van der Waals surface area (Å²) in [5, 5.41) is 3.10. The summed E-state index contributed by atoms with van der Waals surface area (Å²) in [6.07, 6.45) is 5.75. The van der Waals surface area contributed by atoms with Crippen LogP contribution in [0.25, 0.3) is 0 Å². The van der Waals surface area contributed by atoms with Crippen LogP contribution in [0.1, 0.15) is 56.3 Å². The van der Waals surface area contributed by atoms with E-state index in [2.05, 4.69) is 12.2 Å². The summed E-state index contributed by atoms with van der Waals surface area (Å²) in [5.41, 5.74) is 5.86. The van der Waals surface area contributed by atoms with Crippen molar-refractivity contribution in [3.05, 3.63) is 29.6 Å². The number of benzene rings is 1. The predicted molar refractivity (Wildman–Crippen MR) is 76.8 cm³/mol. The van der Waals surface area contributed by atoms with E-state index in [-0.39, 0.29) is 11.9 Å². The molecule has 0 aliphatic rings. The lowest BCUT2D eigenvalue weighted by Crippen LogP contribution is -2.17. The molecule has 0 saturated carbocycles. The number of carbonyl (C=O) groups excluding carboxylic acids is 1. The Labute approximate surface area is 114 Å². The Morgan fingerprint density at radius 3 is 2.74 bits per heavy atom. The lowest BCUT2D eigenvalue weighted by atomic mass is 10.1. The van der Waals surface area contributed by atoms with Gasteiger partial charge in [-0.1, -0.05) is 32.6 Å². The van der Waals surface area contributed by atoms with Crippen LogP contribution in [-0.4, -0.2) is 11.9 Å². The van der Waals surface area contributed by atoms with Gasteiger partial charge in [0, 0.05) is 11.6 Å². The molecule has 0 radical (unpaired) electrons. The van der Waals surface area contributed by atoms with Crippen molar-refractivity contribution in [3.8, 4) is 0 Å². The molecule has 1 unspecified atom stereocenters. The van der Waals surface area contributed by atoms with E-state index in [9.17, 15) is 9.18 Å². The van der Waals surface area contributed by atoms with Crippen LogP contribution in [0.4, 0.5) is 10.1 Å². The zero-order valence-electron chi connectivity index (χ0n) is 11.7. The van der Waals surface area contributed by atoms with Gasteiger partial charge < -0.3 is 11.1 Å². The molecule has 3 nitrogen and oxygen atoms in total. The molecule has 0 saturated heterocycles. The Hall–Kier alpha value is -1.58. The number of hydrogen-bond acceptors (Lipinski definition) is 2. The maximum Gasteiger partial charge on any atom is 0.248 e. The topological polar surface area (TPSA) is 55.1 Å². The van der Waals surface area contributed by atoms with Gasteiger partial charge in [0.1, 0.15) is 5.82 Å². The summed E-state index contributed by atoms with van der Waals surface area (Å²) in [6.45, 7) is 4.19. The van der Waals surface area contributed by atoms with Crippen LogP contribution in [-0.2, 0) is 0 Å². The van der Waals surface area contributed by atoms with Gasteiger partial charge in [0.05, 0.1) is 5.69 Å². The van der Waals surface area contributed by atoms with Crippen molar-refractivity contribution in [1.29, 1.82) is 0 Å². The third kappa shape index (κ3) is 5.28. The third-order valence-corrected chi connectivity index (χ3v) is 3.14. The summed E-state index contributed by atoms with van der Waals surface area (Å²) in [5.74, 6) is -0.899. The van der Waals surface area contributed by atoms with Crippen LogP contribution in [0.15, 0.2) is 18.2 Å². The van der Waals surface area contributed by atoms with Crippen molar-refractivity contribution in [2.45, 2.75) is 52.0 Å². The lowest BCUT2D eigenvalue weighted by Gasteiger charge is -2.16. The van der Waals surface area contributed by atoms with Gasteiger partial charge in [-0.2, -0.15) is 0 Å². The van der Waals surface area contributed by atoms with Crippen LogP contribution < -0.4 is 11.1 Å². The minimum absolute atomic E-state index is 0.175. The number of nitrogens with one attached hydrogen (secondary N) is 1. The molecule has 106 valence electrons. The van der Waals surface area contributed by atoms with E-state index in [1.807, 2.05) is 6.92 Å². The smallest absolute Gasteiger partial charge is 0.248 e. The van der Waals surface area contributed by atoms with Crippen molar-refractivity contribution in [3.63, 3.8) is 0 Å². The van der Waals surface area contributed by atoms with Gasteiger partial charge >= 0.3 is 0 Å². The molecule has 0 fully saturated rings. The van der Waals surface area contributed by atoms with Crippen LogP contribution in [0.2, 0.25) is 0 Å². The maximum absolute atomic E-state index is 13.6. The fourth-order valence-electron chi connectivity index (χ4n) is 2.00. The van der Waals surface area contributed by atoms with Crippen molar-refractivity contribution >= 4 is 11.6 Å². The standard InChI is InChI=1S/C15H23FN2O/c1-3-4-5-6-7-11(2)18-14-10-12(15(17)19)8-9-13(14)16/h8-11,18H,3-7H2,1-2H3,(H2,17,19). The molecule has 0 spiro atoms. The zero-order chi connectivity index (χ0) is 14.3. The normalized spacial score (nSPS) is 12.2. The Balaban J connectivity index is 2.55. The van der Waals surface area contributed by atoms with Gasteiger partial charge in [-0.3, -0.25) is 4.79 Å². The number of primary amides is 1. The highest BCUT2D eigenvalue weighted by atomic mass is 19.1. The minimum Gasteiger partial charge on any atom is -0.380 e. The van der Waals surface area contributed by atoms with Gasteiger partial charge in [-0.05, 0) is 31.5 Å². The molecular weight excluding hydrogens is 243 g/mol. The molecule has 1 rings (SSSR count). The highest BCUT2D eigenvalue weighted by Gasteiger charge is 2.09. The first-order valence-electron chi connectivity index (χ1n) is 6.90. The Morgan fingerprint density at radius 1 is 1.37 bits per heavy atom. The second kappa shape index (κ2) is 7.77.